The van der Waals surface area contributed by atoms with Crippen LogP contribution in [0.1, 0.15) is 42.4 Å². The van der Waals surface area contributed by atoms with Gasteiger partial charge in [-0.25, -0.2) is 4.98 Å². The van der Waals surface area contributed by atoms with Crippen molar-refractivity contribution in [1.29, 1.82) is 0 Å². The van der Waals surface area contributed by atoms with Crippen molar-refractivity contribution in [3.63, 3.8) is 0 Å². The molecule has 186 valence electrons. The second-order valence-corrected chi connectivity index (χ2v) is 7.70. The van der Waals surface area contributed by atoms with Crippen LogP contribution in [0, 0.1) is 6.92 Å². The molecule has 2 atom stereocenters. The average molecular weight is 483 g/mol. The zero-order valence-electron chi connectivity index (χ0n) is 19.7. The molecule has 0 saturated carbocycles. The first-order chi connectivity index (χ1) is 15.9. The van der Waals surface area contributed by atoms with Gasteiger partial charge in [-0.15, -0.1) is 0 Å². The number of fused-ring (bicyclic) bond motifs is 1. The molecule has 2 aromatic heterocycles. The van der Waals surface area contributed by atoms with E-state index >= 15 is 0 Å². The number of amides is 2. The van der Waals surface area contributed by atoms with E-state index in [1.54, 1.807) is 32.1 Å². The highest BCUT2D eigenvalue weighted by atomic mass is 19.4. The molecule has 2 aromatic rings. The van der Waals surface area contributed by atoms with Crippen molar-refractivity contribution >= 4 is 22.8 Å². The number of methoxy groups -OCH3 is 2. The van der Waals surface area contributed by atoms with Crippen LogP contribution < -0.4 is 10.6 Å². The fraction of sp³-hybridized carbons (Fsp3) is 0.435. The van der Waals surface area contributed by atoms with E-state index in [-0.39, 0.29) is 30.1 Å². The summed E-state index contributed by atoms with van der Waals surface area (Å²) in [6.45, 7) is 8.24. The van der Waals surface area contributed by atoms with Crippen LogP contribution in [0.5, 0.6) is 0 Å². The van der Waals surface area contributed by atoms with E-state index in [2.05, 4.69) is 22.2 Å². The van der Waals surface area contributed by atoms with Gasteiger partial charge in [0.2, 0.25) is 5.91 Å². The number of hydrogen-bond acceptors (Lipinski definition) is 5. The maximum absolute atomic E-state index is 13.5. The first-order valence-electron chi connectivity index (χ1n) is 10.5. The maximum Gasteiger partial charge on any atom is 0.416 e. The lowest BCUT2D eigenvalue weighted by Gasteiger charge is -2.27. The number of rotatable bonds is 10. The summed E-state index contributed by atoms with van der Waals surface area (Å²) in [6, 6.07) is 2.04. The minimum absolute atomic E-state index is 0.0114. The fourth-order valence-corrected chi connectivity index (χ4v) is 3.78. The Labute approximate surface area is 195 Å². The Morgan fingerprint density at radius 3 is 2.59 bits per heavy atom. The summed E-state index contributed by atoms with van der Waals surface area (Å²) in [6.07, 6.45) is -3.71. The normalized spacial score (nSPS) is 13.9. The number of allylic oxidation sites excluding steroid dienone is 2. The Morgan fingerprint density at radius 1 is 1.32 bits per heavy atom. The van der Waals surface area contributed by atoms with Gasteiger partial charge in [-0.1, -0.05) is 6.58 Å². The minimum Gasteiger partial charge on any atom is -0.497 e. The molecule has 0 radical (unpaired) electrons. The fourth-order valence-electron chi connectivity index (χ4n) is 3.78. The van der Waals surface area contributed by atoms with Crippen molar-refractivity contribution in [2.24, 2.45) is 0 Å². The highest BCUT2D eigenvalue weighted by molar-refractivity contribution is 6.07. The Kier molecular flexibility index (Phi) is 8.86. The smallest absolute Gasteiger partial charge is 0.416 e. The van der Waals surface area contributed by atoms with Crippen LogP contribution >= 0.6 is 0 Å². The van der Waals surface area contributed by atoms with E-state index in [0.717, 1.165) is 7.11 Å². The molecular formula is C23H29F3N4O4. The van der Waals surface area contributed by atoms with E-state index < -0.39 is 24.2 Å². The van der Waals surface area contributed by atoms with Crippen LogP contribution in [0.25, 0.3) is 11.0 Å². The molecule has 0 saturated heterocycles. The third-order valence-electron chi connectivity index (χ3n) is 5.27. The summed E-state index contributed by atoms with van der Waals surface area (Å²) in [5.41, 5.74) is 1.27. The SMILES string of the molecule is C=C(/C=C(/C)NC(=O)CCNC(=O)c1c(C)n(C(C)C(OC)C(F)(F)F)c2ncccc12)OC. The van der Waals surface area contributed by atoms with Crippen LogP contribution in [0.4, 0.5) is 13.2 Å². The molecule has 2 heterocycles. The Morgan fingerprint density at radius 2 is 2.00 bits per heavy atom. The maximum atomic E-state index is 13.5. The van der Waals surface area contributed by atoms with Crippen molar-refractivity contribution in [1.82, 2.24) is 20.2 Å². The van der Waals surface area contributed by atoms with Gasteiger partial charge in [-0.2, -0.15) is 13.2 Å². The van der Waals surface area contributed by atoms with Gasteiger partial charge in [0, 0.05) is 43.0 Å². The monoisotopic (exact) mass is 482 g/mol. The van der Waals surface area contributed by atoms with Crippen LogP contribution in [0.15, 0.2) is 42.4 Å². The highest BCUT2D eigenvalue weighted by Gasteiger charge is 2.45. The zero-order chi connectivity index (χ0) is 25.6. The molecule has 34 heavy (non-hydrogen) atoms. The van der Waals surface area contributed by atoms with E-state index in [0.29, 0.717) is 22.5 Å². The molecule has 2 N–H and O–H groups in total. The second-order valence-electron chi connectivity index (χ2n) is 7.70. The third-order valence-corrected chi connectivity index (χ3v) is 5.27. The number of halogens is 3. The standard InChI is InChI=1S/C23H29F3N4O4/c1-13(12-14(2)33-5)29-18(31)9-11-28-22(32)19-15(3)30(21-17(19)8-7-10-27-21)16(4)20(34-6)23(24,25)26/h7-8,10,12,16,20H,2,9,11H2,1,3-6H3,(H,28,32)(H,29,31)/b13-12-. The largest absolute Gasteiger partial charge is 0.497 e. The summed E-state index contributed by atoms with van der Waals surface area (Å²) in [5, 5.41) is 5.71. The van der Waals surface area contributed by atoms with Crippen LogP contribution in [0.2, 0.25) is 0 Å². The molecule has 0 aliphatic heterocycles. The van der Waals surface area contributed by atoms with Crippen molar-refractivity contribution in [3.05, 3.63) is 53.7 Å². The van der Waals surface area contributed by atoms with E-state index in [4.69, 9.17) is 9.47 Å². The lowest BCUT2D eigenvalue weighted by atomic mass is 10.1. The topological polar surface area (TPSA) is 94.5 Å². The van der Waals surface area contributed by atoms with Crippen LogP contribution in [-0.4, -0.2) is 54.4 Å². The van der Waals surface area contributed by atoms with Gasteiger partial charge >= 0.3 is 6.18 Å². The van der Waals surface area contributed by atoms with Gasteiger partial charge in [-0.3, -0.25) is 9.59 Å². The molecule has 0 aliphatic rings. The number of pyridine rings is 1. The first-order valence-corrected chi connectivity index (χ1v) is 10.5. The lowest BCUT2D eigenvalue weighted by molar-refractivity contribution is -0.223. The Balaban J connectivity index is 2.22. The first kappa shape index (κ1) is 26.9. The summed E-state index contributed by atoms with van der Waals surface area (Å²) in [5.74, 6) is -0.474. The summed E-state index contributed by atoms with van der Waals surface area (Å²) < 4.78 is 51.4. The summed E-state index contributed by atoms with van der Waals surface area (Å²) >= 11 is 0. The molecule has 0 aromatic carbocycles. The zero-order valence-corrected chi connectivity index (χ0v) is 19.7. The predicted molar refractivity (Wildman–Crippen MR) is 121 cm³/mol. The number of aromatic nitrogens is 2. The van der Waals surface area contributed by atoms with Gasteiger partial charge in [0.15, 0.2) is 6.10 Å². The molecule has 11 heteroatoms. The van der Waals surface area contributed by atoms with Crippen LogP contribution in [-0.2, 0) is 14.3 Å². The predicted octanol–water partition coefficient (Wildman–Crippen LogP) is 3.78. The Bertz CT molecular complexity index is 1090. The van der Waals surface area contributed by atoms with Crippen molar-refractivity contribution in [3.8, 4) is 0 Å². The molecule has 2 rings (SSSR count). The van der Waals surface area contributed by atoms with Crippen molar-refractivity contribution < 1.29 is 32.2 Å². The molecule has 0 spiro atoms. The number of hydrogen-bond donors (Lipinski definition) is 2. The summed E-state index contributed by atoms with van der Waals surface area (Å²) in [4.78, 5) is 29.3. The number of nitrogens with zero attached hydrogens (tertiary/aromatic N) is 2. The van der Waals surface area contributed by atoms with Gasteiger partial charge in [-0.05, 0) is 39.0 Å². The van der Waals surface area contributed by atoms with Crippen molar-refractivity contribution in [2.45, 2.75) is 45.5 Å². The molecule has 0 bridgehead atoms. The number of ether oxygens (including phenoxy) is 2. The molecule has 2 unspecified atom stereocenters. The Hall–Kier alpha value is -3.34. The van der Waals surface area contributed by atoms with E-state index in [1.165, 1.54) is 24.8 Å². The molecule has 8 nitrogen and oxygen atoms in total. The minimum atomic E-state index is -4.61. The molecule has 0 fully saturated rings. The third kappa shape index (κ3) is 6.16. The number of carbonyl (C=O) groups is 2. The number of carbonyl (C=O) groups excluding carboxylic acids is 2. The second kappa shape index (κ2) is 11.2. The molecule has 0 aliphatic carbocycles. The van der Waals surface area contributed by atoms with E-state index in [9.17, 15) is 22.8 Å². The van der Waals surface area contributed by atoms with Gasteiger partial charge in [0.1, 0.15) is 11.4 Å². The molecule has 2 amide bonds. The van der Waals surface area contributed by atoms with E-state index in [1.807, 2.05) is 0 Å². The lowest BCUT2D eigenvalue weighted by Crippen LogP contribution is -2.38. The van der Waals surface area contributed by atoms with Gasteiger partial charge < -0.3 is 24.7 Å². The van der Waals surface area contributed by atoms with Crippen LogP contribution in [0.3, 0.4) is 0 Å². The van der Waals surface area contributed by atoms with Gasteiger partial charge in [0.05, 0.1) is 18.7 Å². The number of nitrogens with one attached hydrogen (secondary N) is 2. The molecular weight excluding hydrogens is 453 g/mol. The quantitative estimate of drug-likeness (QED) is 0.397. The average Bonchev–Trinajstić information content (AvgIpc) is 3.04. The van der Waals surface area contributed by atoms with Gasteiger partial charge in [0.25, 0.3) is 5.91 Å². The number of alkyl halides is 3. The van der Waals surface area contributed by atoms with Crippen molar-refractivity contribution in [2.75, 3.05) is 20.8 Å². The summed E-state index contributed by atoms with van der Waals surface area (Å²) in [7, 11) is 2.45. The highest BCUT2D eigenvalue weighted by Crippen LogP contribution is 2.35.